The summed E-state index contributed by atoms with van der Waals surface area (Å²) >= 11 is 0. The standard InChI is InChI=1S/C22H18N2O5/c1-15-7-12-19(20(13-15)24(27)28)23-21(25)14-29-22(26)18-10-8-17(9-11-18)16-5-3-2-4-6-16/h2-13H,14H2,1H3,(H,23,25). The van der Waals surface area contributed by atoms with Gasteiger partial charge in [-0.2, -0.15) is 0 Å². The van der Waals surface area contributed by atoms with Crippen molar-refractivity contribution in [1.29, 1.82) is 0 Å². The van der Waals surface area contributed by atoms with Crippen LogP contribution in [-0.2, 0) is 9.53 Å². The Kier molecular flexibility index (Phi) is 5.99. The number of aryl methyl sites for hydroxylation is 1. The second-order valence-corrected chi connectivity index (χ2v) is 6.35. The molecular weight excluding hydrogens is 372 g/mol. The van der Waals surface area contributed by atoms with Crippen LogP contribution in [0.25, 0.3) is 11.1 Å². The van der Waals surface area contributed by atoms with E-state index in [0.717, 1.165) is 11.1 Å². The van der Waals surface area contributed by atoms with Crippen molar-refractivity contribution < 1.29 is 19.2 Å². The summed E-state index contributed by atoms with van der Waals surface area (Å²) in [5.74, 6) is -1.32. The van der Waals surface area contributed by atoms with Crippen LogP contribution in [0.3, 0.4) is 0 Å². The van der Waals surface area contributed by atoms with Crippen molar-refractivity contribution in [2.24, 2.45) is 0 Å². The van der Waals surface area contributed by atoms with Crippen LogP contribution < -0.4 is 5.32 Å². The highest BCUT2D eigenvalue weighted by atomic mass is 16.6. The maximum Gasteiger partial charge on any atom is 0.338 e. The van der Waals surface area contributed by atoms with Gasteiger partial charge in [0.2, 0.25) is 0 Å². The van der Waals surface area contributed by atoms with E-state index in [1.807, 2.05) is 30.3 Å². The monoisotopic (exact) mass is 390 g/mol. The van der Waals surface area contributed by atoms with Crippen molar-refractivity contribution in [3.63, 3.8) is 0 Å². The average Bonchev–Trinajstić information content (AvgIpc) is 2.74. The lowest BCUT2D eigenvalue weighted by atomic mass is 10.0. The predicted octanol–water partition coefficient (Wildman–Crippen LogP) is 4.37. The molecule has 0 saturated carbocycles. The summed E-state index contributed by atoms with van der Waals surface area (Å²) in [5.41, 5.74) is 2.80. The topological polar surface area (TPSA) is 98.5 Å². The molecule has 0 heterocycles. The van der Waals surface area contributed by atoms with Crippen molar-refractivity contribution in [2.75, 3.05) is 11.9 Å². The Hall–Kier alpha value is -4.00. The molecule has 1 amide bonds. The first kappa shape index (κ1) is 19.8. The summed E-state index contributed by atoms with van der Waals surface area (Å²) in [4.78, 5) is 34.7. The Morgan fingerprint density at radius 3 is 2.28 bits per heavy atom. The predicted molar refractivity (Wildman–Crippen MR) is 109 cm³/mol. The number of esters is 1. The molecule has 146 valence electrons. The molecule has 7 nitrogen and oxygen atoms in total. The Morgan fingerprint density at radius 1 is 0.966 bits per heavy atom. The maximum atomic E-state index is 12.2. The lowest BCUT2D eigenvalue weighted by molar-refractivity contribution is -0.384. The minimum atomic E-state index is -0.661. The number of hydrogen-bond acceptors (Lipinski definition) is 5. The smallest absolute Gasteiger partial charge is 0.338 e. The molecule has 0 aliphatic carbocycles. The van der Waals surface area contributed by atoms with E-state index in [9.17, 15) is 19.7 Å². The van der Waals surface area contributed by atoms with E-state index in [2.05, 4.69) is 5.32 Å². The first-order valence-electron chi connectivity index (χ1n) is 8.81. The number of anilines is 1. The highest BCUT2D eigenvalue weighted by Crippen LogP contribution is 2.25. The number of nitrogens with zero attached hydrogens (tertiary/aromatic N) is 1. The SMILES string of the molecule is Cc1ccc(NC(=O)COC(=O)c2ccc(-c3ccccc3)cc2)c([N+](=O)[O-])c1. The molecule has 0 atom stereocenters. The van der Waals surface area contributed by atoms with Crippen molar-refractivity contribution in [3.8, 4) is 11.1 Å². The molecule has 0 aromatic heterocycles. The minimum absolute atomic E-state index is 0.0499. The van der Waals surface area contributed by atoms with Gasteiger partial charge in [-0.1, -0.05) is 48.5 Å². The molecule has 0 saturated heterocycles. The van der Waals surface area contributed by atoms with Gasteiger partial charge in [0, 0.05) is 6.07 Å². The van der Waals surface area contributed by atoms with Crippen molar-refractivity contribution in [1.82, 2.24) is 0 Å². The fraction of sp³-hybridized carbons (Fsp3) is 0.0909. The summed E-state index contributed by atoms with van der Waals surface area (Å²) in [6.07, 6.45) is 0. The molecule has 0 unspecified atom stereocenters. The minimum Gasteiger partial charge on any atom is -0.452 e. The lowest BCUT2D eigenvalue weighted by Gasteiger charge is -2.08. The van der Waals surface area contributed by atoms with Gasteiger partial charge < -0.3 is 10.1 Å². The van der Waals surface area contributed by atoms with E-state index in [4.69, 9.17) is 4.74 Å². The number of carbonyl (C=O) groups excluding carboxylic acids is 2. The Bertz CT molecular complexity index is 1050. The van der Waals surface area contributed by atoms with Crippen LogP contribution in [0.5, 0.6) is 0 Å². The third-order valence-corrected chi connectivity index (χ3v) is 4.19. The van der Waals surface area contributed by atoms with Crippen LogP contribution in [0.15, 0.2) is 72.8 Å². The molecule has 0 radical (unpaired) electrons. The van der Waals surface area contributed by atoms with E-state index in [1.165, 1.54) is 12.1 Å². The first-order chi connectivity index (χ1) is 13.9. The first-order valence-corrected chi connectivity index (χ1v) is 8.81. The van der Waals surface area contributed by atoms with E-state index in [0.29, 0.717) is 11.1 Å². The quantitative estimate of drug-likeness (QED) is 0.383. The molecule has 3 aromatic rings. The van der Waals surface area contributed by atoms with E-state index >= 15 is 0 Å². The van der Waals surface area contributed by atoms with Gasteiger partial charge in [0.25, 0.3) is 11.6 Å². The molecule has 0 fully saturated rings. The van der Waals surface area contributed by atoms with Gasteiger partial charge in [0.05, 0.1) is 10.5 Å². The van der Waals surface area contributed by atoms with Gasteiger partial charge in [-0.15, -0.1) is 0 Å². The molecule has 7 heteroatoms. The number of nitrogens with one attached hydrogen (secondary N) is 1. The number of rotatable bonds is 6. The molecular formula is C22H18N2O5. The van der Waals surface area contributed by atoms with Crippen LogP contribution in [0.4, 0.5) is 11.4 Å². The van der Waals surface area contributed by atoms with Gasteiger partial charge in [0.15, 0.2) is 6.61 Å². The molecule has 3 rings (SSSR count). The number of nitro benzene ring substituents is 1. The highest BCUT2D eigenvalue weighted by molar-refractivity contribution is 5.97. The fourth-order valence-electron chi connectivity index (χ4n) is 2.73. The lowest BCUT2D eigenvalue weighted by Crippen LogP contribution is -2.21. The second kappa shape index (κ2) is 8.79. The summed E-state index contributed by atoms with van der Waals surface area (Å²) in [6.45, 7) is 1.16. The fourth-order valence-corrected chi connectivity index (χ4v) is 2.73. The van der Waals surface area contributed by atoms with Crippen molar-refractivity contribution >= 4 is 23.3 Å². The zero-order valence-corrected chi connectivity index (χ0v) is 15.6. The normalized spacial score (nSPS) is 10.2. The van der Waals surface area contributed by atoms with Crippen molar-refractivity contribution in [3.05, 3.63) is 94.0 Å². The largest absolute Gasteiger partial charge is 0.452 e. The molecule has 3 aromatic carbocycles. The maximum absolute atomic E-state index is 12.2. The zero-order chi connectivity index (χ0) is 20.8. The van der Waals surface area contributed by atoms with Gasteiger partial charge >= 0.3 is 5.97 Å². The van der Waals surface area contributed by atoms with E-state index in [1.54, 1.807) is 37.3 Å². The zero-order valence-electron chi connectivity index (χ0n) is 15.6. The Balaban J connectivity index is 1.59. The van der Waals surface area contributed by atoms with Crippen LogP contribution in [0.2, 0.25) is 0 Å². The summed E-state index contributed by atoms with van der Waals surface area (Å²) in [6, 6.07) is 21.0. The van der Waals surface area contributed by atoms with E-state index < -0.39 is 23.4 Å². The molecule has 0 aliphatic rings. The van der Waals surface area contributed by atoms with Gasteiger partial charge in [0.1, 0.15) is 5.69 Å². The third kappa shape index (κ3) is 5.04. The van der Waals surface area contributed by atoms with E-state index in [-0.39, 0.29) is 11.4 Å². The Labute approximate surface area is 167 Å². The number of amides is 1. The summed E-state index contributed by atoms with van der Waals surface area (Å²) in [5, 5.41) is 13.5. The average molecular weight is 390 g/mol. The van der Waals surface area contributed by atoms with Crippen LogP contribution in [0.1, 0.15) is 15.9 Å². The highest BCUT2D eigenvalue weighted by Gasteiger charge is 2.17. The molecule has 0 spiro atoms. The number of benzene rings is 3. The summed E-state index contributed by atoms with van der Waals surface area (Å²) < 4.78 is 5.01. The third-order valence-electron chi connectivity index (χ3n) is 4.19. The van der Waals surface area contributed by atoms with Crippen LogP contribution >= 0.6 is 0 Å². The molecule has 1 N–H and O–H groups in total. The second-order valence-electron chi connectivity index (χ2n) is 6.35. The summed E-state index contributed by atoms with van der Waals surface area (Å²) in [7, 11) is 0. The number of hydrogen-bond donors (Lipinski definition) is 1. The van der Waals surface area contributed by atoms with Crippen molar-refractivity contribution in [2.45, 2.75) is 6.92 Å². The molecule has 29 heavy (non-hydrogen) atoms. The number of carbonyl (C=O) groups is 2. The Morgan fingerprint density at radius 2 is 1.62 bits per heavy atom. The van der Waals surface area contributed by atoms with Crippen LogP contribution in [0, 0.1) is 17.0 Å². The molecule has 0 aliphatic heterocycles. The number of ether oxygens (including phenoxy) is 1. The molecule has 0 bridgehead atoms. The van der Waals surface area contributed by atoms with Gasteiger partial charge in [-0.05, 0) is 41.8 Å². The van der Waals surface area contributed by atoms with Gasteiger partial charge in [-0.25, -0.2) is 4.79 Å². The number of nitro groups is 1. The van der Waals surface area contributed by atoms with Crippen LogP contribution in [-0.4, -0.2) is 23.4 Å². The van der Waals surface area contributed by atoms with Gasteiger partial charge in [-0.3, -0.25) is 14.9 Å².